The molecular formula is C10H23ClN2O. The molecule has 1 rings (SSSR count). The molecule has 0 amide bonds. The Morgan fingerprint density at radius 2 is 1.71 bits per heavy atom. The topological polar surface area (TPSA) is 49.5 Å². The largest absolute Gasteiger partial charge is 0.391 e. The monoisotopic (exact) mass is 222 g/mol. The Labute approximate surface area is 93.0 Å². The number of nitrogens with zero attached hydrogens (tertiary/aromatic N) is 1. The van der Waals surface area contributed by atoms with E-state index < -0.39 is 0 Å². The number of rotatable bonds is 1. The Bertz CT molecular complexity index is 170. The van der Waals surface area contributed by atoms with Gasteiger partial charge in [-0.15, -0.1) is 12.4 Å². The predicted octanol–water partition coefficient (Wildman–Crippen LogP) is 1.69. The Hall–Kier alpha value is 0.170. The highest BCUT2D eigenvalue weighted by Gasteiger charge is 2.32. The van der Waals surface area contributed by atoms with Gasteiger partial charge in [0.15, 0.2) is 0 Å². The first-order chi connectivity index (χ1) is 5.93. The summed E-state index contributed by atoms with van der Waals surface area (Å²) in [6, 6.07) is 0.147. The summed E-state index contributed by atoms with van der Waals surface area (Å²) in [5.41, 5.74) is -0.0526. The lowest BCUT2D eigenvalue weighted by Gasteiger charge is -2.42. The summed E-state index contributed by atoms with van der Waals surface area (Å²) in [6.07, 6.45) is 4.00. The SMILES string of the molecule is CC(C)(C)N(N)C1CCCCC1O.Cl. The van der Waals surface area contributed by atoms with Crippen molar-refractivity contribution in [2.75, 3.05) is 0 Å². The van der Waals surface area contributed by atoms with Crippen LogP contribution in [0.5, 0.6) is 0 Å². The lowest BCUT2D eigenvalue weighted by Crippen LogP contribution is -2.57. The average Bonchev–Trinajstić information content (AvgIpc) is 2.02. The molecule has 1 aliphatic rings. The van der Waals surface area contributed by atoms with E-state index >= 15 is 0 Å². The van der Waals surface area contributed by atoms with Crippen molar-refractivity contribution in [3.8, 4) is 0 Å². The quantitative estimate of drug-likeness (QED) is 0.525. The highest BCUT2D eigenvalue weighted by molar-refractivity contribution is 5.85. The predicted molar refractivity (Wildman–Crippen MR) is 61.3 cm³/mol. The van der Waals surface area contributed by atoms with Crippen LogP contribution in [-0.2, 0) is 0 Å². The molecule has 0 spiro atoms. The fourth-order valence-electron chi connectivity index (χ4n) is 1.91. The maximum atomic E-state index is 9.78. The number of hydrogen-bond acceptors (Lipinski definition) is 3. The Kier molecular flexibility index (Phi) is 5.37. The van der Waals surface area contributed by atoms with E-state index in [1.165, 1.54) is 6.42 Å². The molecule has 3 nitrogen and oxygen atoms in total. The first-order valence-corrected chi connectivity index (χ1v) is 5.15. The molecule has 0 aliphatic heterocycles. The molecule has 1 fully saturated rings. The van der Waals surface area contributed by atoms with Crippen LogP contribution in [0, 0.1) is 0 Å². The van der Waals surface area contributed by atoms with Gasteiger partial charge >= 0.3 is 0 Å². The fraction of sp³-hybridized carbons (Fsp3) is 1.00. The highest BCUT2D eigenvalue weighted by Crippen LogP contribution is 2.25. The summed E-state index contributed by atoms with van der Waals surface area (Å²) in [6.45, 7) is 6.23. The maximum Gasteiger partial charge on any atom is 0.0709 e. The molecule has 2 atom stereocenters. The normalized spacial score (nSPS) is 28.7. The van der Waals surface area contributed by atoms with E-state index in [1.54, 1.807) is 0 Å². The standard InChI is InChI=1S/C10H22N2O.ClH/c1-10(2,3)12(11)8-6-4-5-7-9(8)13;/h8-9,13H,4-7,11H2,1-3H3;1H. The summed E-state index contributed by atoms with van der Waals surface area (Å²) in [4.78, 5) is 0. The maximum absolute atomic E-state index is 9.78. The van der Waals surface area contributed by atoms with Crippen LogP contribution in [0.25, 0.3) is 0 Å². The minimum absolute atomic E-state index is 0. The molecule has 0 radical (unpaired) electrons. The van der Waals surface area contributed by atoms with E-state index in [-0.39, 0.29) is 30.1 Å². The lowest BCUT2D eigenvalue weighted by atomic mass is 9.90. The van der Waals surface area contributed by atoms with Gasteiger partial charge < -0.3 is 5.11 Å². The van der Waals surface area contributed by atoms with Crippen LogP contribution in [-0.4, -0.2) is 27.8 Å². The van der Waals surface area contributed by atoms with Crippen LogP contribution in [0.2, 0.25) is 0 Å². The molecule has 4 heteroatoms. The van der Waals surface area contributed by atoms with Crippen LogP contribution in [0.1, 0.15) is 46.5 Å². The molecule has 1 saturated carbocycles. The first-order valence-electron chi connectivity index (χ1n) is 5.15. The zero-order valence-electron chi connectivity index (χ0n) is 9.36. The van der Waals surface area contributed by atoms with Gasteiger partial charge in [-0.1, -0.05) is 12.8 Å². The van der Waals surface area contributed by atoms with Crippen LogP contribution in [0.4, 0.5) is 0 Å². The van der Waals surface area contributed by atoms with Crippen molar-refractivity contribution in [1.82, 2.24) is 5.01 Å². The van der Waals surface area contributed by atoms with Gasteiger partial charge in [-0.2, -0.15) is 0 Å². The molecule has 2 unspecified atom stereocenters. The summed E-state index contributed by atoms with van der Waals surface area (Å²) < 4.78 is 0. The molecule has 0 aromatic heterocycles. The van der Waals surface area contributed by atoms with Crippen molar-refractivity contribution in [3.63, 3.8) is 0 Å². The van der Waals surface area contributed by atoms with E-state index in [0.717, 1.165) is 19.3 Å². The lowest BCUT2D eigenvalue weighted by molar-refractivity contribution is -0.0241. The molecule has 14 heavy (non-hydrogen) atoms. The molecule has 0 heterocycles. The molecule has 86 valence electrons. The molecule has 0 saturated heterocycles. The van der Waals surface area contributed by atoms with Gasteiger partial charge in [0.1, 0.15) is 0 Å². The molecule has 3 N–H and O–H groups in total. The van der Waals surface area contributed by atoms with Gasteiger partial charge in [0.2, 0.25) is 0 Å². The number of aliphatic hydroxyl groups excluding tert-OH is 1. The van der Waals surface area contributed by atoms with E-state index in [4.69, 9.17) is 5.84 Å². The van der Waals surface area contributed by atoms with Crippen molar-refractivity contribution >= 4 is 12.4 Å². The van der Waals surface area contributed by atoms with Crippen molar-refractivity contribution in [1.29, 1.82) is 0 Å². The first kappa shape index (κ1) is 14.2. The van der Waals surface area contributed by atoms with Crippen molar-refractivity contribution in [2.24, 2.45) is 5.84 Å². The highest BCUT2D eigenvalue weighted by atomic mass is 35.5. The number of nitrogens with two attached hydrogens (primary N) is 1. The van der Waals surface area contributed by atoms with Gasteiger partial charge in [-0.05, 0) is 33.6 Å². The number of aliphatic hydroxyl groups is 1. The fourth-order valence-corrected chi connectivity index (χ4v) is 1.91. The molecular weight excluding hydrogens is 200 g/mol. The zero-order chi connectivity index (χ0) is 10.1. The summed E-state index contributed by atoms with van der Waals surface area (Å²) in [7, 11) is 0. The van der Waals surface area contributed by atoms with Crippen molar-refractivity contribution in [3.05, 3.63) is 0 Å². The smallest absolute Gasteiger partial charge is 0.0709 e. The van der Waals surface area contributed by atoms with Gasteiger partial charge in [0.05, 0.1) is 12.1 Å². The van der Waals surface area contributed by atoms with Gasteiger partial charge in [0.25, 0.3) is 0 Å². The van der Waals surface area contributed by atoms with Gasteiger partial charge in [0, 0.05) is 5.54 Å². The van der Waals surface area contributed by atoms with Crippen LogP contribution >= 0.6 is 12.4 Å². The van der Waals surface area contributed by atoms with Gasteiger partial charge in [-0.25, -0.2) is 5.01 Å². The van der Waals surface area contributed by atoms with E-state index in [0.29, 0.717) is 0 Å². The van der Waals surface area contributed by atoms with Gasteiger partial charge in [-0.3, -0.25) is 5.84 Å². The van der Waals surface area contributed by atoms with Crippen molar-refractivity contribution < 1.29 is 5.11 Å². The van der Waals surface area contributed by atoms with E-state index in [2.05, 4.69) is 20.8 Å². The number of hydrazine groups is 1. The van der Waals surface area contributed by atoms with Crippen LogP contribution in [0.3, 0.4) is 0 Å². The third-order valence-corrected chi connectivity index (χ3v) is 2.83. The minimum atomic E-state index is -0.238. The third kappa shape index (κ3) is 3.39. The van der Waals surface area contributed by atoms with Crippen molar-refractivity contribution in [2.45, 2.75) is 64.1 Å². The molecule has 0 aromatic carbocycles. The van der Waals surface area contributed by atoms with Crippen LogP contribution < -0.4 is 5.84 Å². The average molecular weight is 223 g/mol. The second-order valence-corrected chi connectivity index (χ2v) is 5.00. The molecule has 0 aromatic rings. The molecule has 0 bridgehead atoms. The number of halogens is 1. The number of hydrogen-bond donors (Lipinski definition) is 2. The minimum Gasteiger partial charge on any atom is -0.391 e. The zero-order valence-corrected chi connectivity index (χ0v) is 10.2. The van der Waals surface area contributed by atoms with Crippen LogP contribution in [0.15, 0.2) is 0 Å². The van der Waals surface area contributed by atoms with E-state index in [1.807, 2.05) is 5.01 Å². The summed E-state index contributed by atoms with van der Waals surface area (Å²) in [5, 5.41) is 11.6. The second-order valence-electron chi connectivity index (χ2n) is 5.00. The van der Waals surface area contributed by atoms with E-state index in [9.17, 15) is 5.11 Å². The second kappa shape index (κ2) is 5.31. The summed E-state index contributed by atoms with van der Waals surface area (Å²) >= 11 is 0. The Balaban J connectivity index is 0.00000169. The third-order valence-electron chi connectivity index (χ3n) is 2.83. The summed E-state index contributed by atoms with van der Waals surface area (Å²) in [5.74, 6) is 5.99. The molecule has 1 aliphatic carbocycles. The Morgan fingerprint density at radius 3 is 2.14 bits per heavy atom. The Morgan fingerprint density at radius 1 is 1.21 bits per heavy atom.